The van der Waals surface area contributed by atoms with E-state index in [0.717, 1.165) is 17.7 Å². The van der Waals surface area contributed by atoms with E-state index in [4.69, 9.17) is 11.6 Å². The summed E-state index contributed by atoms with van der Waals surface area (Å²) < 4.78 is 69.5. The molecule has 0 spiro atoms. The molecule has 0 bridgehead atoms. The van der Waals surface area contributed by atoms with Gasteiger partial charge >= 0.3 is 6.18 Å². The van der Waals surface area contributed by atoms with E-state index in [-0.39, 0.29) is 23.9 Å². The molecule has 0 saturated carbocycles. The zero-order chi connectivity index (χ0) is 31.2. The first kappa shape index (κ1) is 32.9. The third kappa shape index (κ3) is 8.04. The fourth-order valence-corrected chi connectivity index (χ4v) is 6.09. The molecule has 0 fully saturated rings. The standard InChI is InChI=1S/C30H33ClF3N3O4S/c1-5-27(29(39)35-20(2)3)36(18-22-11-9-10-21(4)16-22)28(38)19-37(42(40,41)24-12-7-6-8-13-24)23-14-15-26(31)25(17-23)30(32,33)34/h6-17,20,27H,5,18-19H2,1-4H3,(H,35,39)/t27-/m1/s1. The Hall–Kier alpha value is -3.57. The van der Waals surface area contributed by atoms with Crippen LogP contribution in [-0.2, 0) is 32.3 Å². The van der Waals surface area contributed by atoms with Gasteiger partial charge in [-0.2, -0.15) is 13.2 Å². The van der Waals surface area contributed by atoms with Crippen LogP contribution in [-0.4, -0.2) is 43.8 Å². The number of anilines is 1. The molecule has 1 N–H and O–H groups in total. The van der Waals surface area contributed by atoms with Crippen LogP contribution >= 0.6 is 11.6 Å². The number of halogens is 4. The summed E-state index contributed by atoms with van der Waals surface area (Å²) in [6.07, 6.45) is -4.67. The number of rotatable bonds is 11. The summed E-state index contributed by atoms with van der Waals surface area (Å²) in [5.41, 5.74) is -0.0444. The van der Waals surface area contributed by atoms with E-state index in [1.807, 2.05) is 19.1 Å². The van der Waals surface area contributed by atoms with Gasteiger partial charge in [0.25, 0.3) is 10.0 Å². The van der Waals surface area contributed by atoms with Crippen molar-refractivity contribution < 1.29 is 31.2 Å². The second-order valence-electron chi connectivity index (χ2n) is 10.1. The van der Waals surface area contributed by atoms with E-state index in [9.17, 15) is 31.2 Å². The van der Waals surface area contributed by atoms with Crippen LogP contribution in [0.4, 0.5) is 18.9 Å². The Bertz CT molecular complexity index is 1520. The van der Waals surface area contributed by atoms with Gasteiger partial charge in [-0.3, -0.25) is 13.9 Å². The van der Waals surface area contributed by atoms with Gasteiger partial charge < -0.3 is 10.2 Å². The van der Waals surface area contributed by atoms with Crippen LogP contribution in [0.25, 0.3) is 0 Å². The molecule has 2 amide bonds. The summed E-state index contributed by atoms with van der Waals surface area (Å²) in [7, 11) is -4.53. The van der Waals surface area contributed by atoms with Gasteiger partial charge in [0.05, 0.1) is 21.2 Å². The lowest BCUT2D eigenvalue weighted by molar-refractivity contribution is -0.140. The molecule has 3 aromatic rings. The van der Waals surface area contributed by atoms with Gasteiger partial charge in [0, 0.05) is 12.6 Å². The Labute approximate surface area is 249 Å². The molecule has 0 aliphatic carbocycles. The van der Waals surface area contributed by atoms with E-state index < -0.39 is 56.9 Å². The van der Waals surface area contributed by atoms with Gasteiger partial charge in [-0.1, -0.05) is 66.6 Å². The highest BCUT2D eigenvalue weighted by Crippen LogP contribution is 2.38. The zero-order valence-electron chi connectivity index (χ0n) is 23.7. The topological polar surface area (TPSA) is 86.8 Å². The highest BCUT2D eigenvalue weighted by molar-refractivity contribution is 7.92. The largest absolute Gasteiger partial charge is 0.417 e. The van der Waals surface area contributed by atoms with Crippen molar-refractivity contribution in [3.05, 3.63) is 94.5 Å². The minimum absolute atomic E-state index is 0.0296. The van der Waals surface area contributed by atoms with Crippen molar-refractivity contribution in [2.75, 3.05) is 10.8 Å². The van der Waals surface area contributed by atoms with Crippen LogP contribution in [0.1, 0.15) is 43.9 Å². The summed E-state index contributed by atoms with van der Waals surface area (Å²) in [5, 5.41) is 2.17. The number of hydrogen-bond donors (Lipinski definition) is 1. The van der Waals surface area contributed by atoms with E-state index in [1.54, 1.807) is 39.0 Å². The van der Waals surface area contributed by atoms with E-state index >= 15 is 0 Å². The van der Waals surface area contributed by atoms with Crippen LogP contribution < -0.4 is 9.62 Å². The van der Waals surface area contributed by atoms with Crippen molar-refractivity contribution in [1.82, 2.24) is 10.2 Å². The van der Waals surface area contributed by atoms with Crippen molar-refractivity contribution in [3.63, 3.8) is 0 Å². The molecule has 0 aliphatic heterocycles. The van der Waals surface area contributed by atoms with Crippen molar-refractivity contribution in [2.45, 2.75) is 63.8 Å². The van der Waals surface area contributed by atoms with Gasteiger partial charge in [-0.15, -0.1) is 0 Å². The van der Waals surface area contributed by atoms with E-state index in [2.05, 4.69) is 5.32 Å². The van der Waals surface area contributed by atoms with Crippen LogP contribution in [0.2, 0.25) is 5.02 Å². The molecule has 1 atom stereocenters. The molecule has 226 valence electrons. The lowest BCUT2D eigenvalue weighted by Gasteiger charge is -2.33. The van der Waals surface area contributed by atoms with Crippen LogP contribution in [0, 0.1) is 6.92 Å². The number of carbonyl (C=O) groups excluding carboxylic acids is 2. The predicted octanol–water partition coefficient (Wildman–Crippen LogP) is 6.19. The number of aryl methyl sites for hydroxylation is 1. The molecule has 12 heteroatoms. The van der Waals surface area contributed by atoms with E-state index in [0.29, 0.717) is 15.9 Å². The molecule has 7 nitrogen and oxygen atoms in total. The molecule has 3 rings (SSSR count). The predicted molar refractivity (Wildman–Crippen MR) is 157 cm³/mol. The van der Waals surface area contributed by atoms with Crippen molar-refractivity contribution in [2.24, 2.45) is 0 Å². The summed E-state index contributed by atoms with van der Waals surface area (Å²) in [4.78, 5) is 28.2. The second kappa shape index (κ2) is 13.6. The van der Waals surface area contributed by atoms with Gasteiger partial charge in [-0.25, -0.2) is 8.42 Å². The monoisotopic (exact) mass is 623 g/mol. The number of sulfonamides is 1. The molecule has 0 saturated heterocycles. The SMILES string of the molecule is CC[C@H](C(=O)NC(C)C)N(Cc1cccc(C)c1)C(=O)CN(c1ccc(Cl)c(C(F)(F)F)c1)S(=O)(=O)c1ccccc1. The first-order chi connectivity index (χ1) is 19.6. The normalized spacial score (nSPS) is 12.6. The van der Waals surface area contributed by atoms with Crippen LogP contribution in [0.5, 0.6) is 0 Å². The maximum Gasteiger partial charge on any atom is 0.417 e. The summed E-state index contributed by atoms with van der Waals surface area (Å²) in [5.74, 6) is -1.21. The molecule has 42 heavy (non-hydrogen) atoms. The Kier molecular flexibility index (Phi) is 10.7. The Morgan fingerprint density at radius 2 is 1.64 bits per heavy atom. The molecular weight excluding hydrogens is 591 g/mol. The highest BCUT2D eigenvalue weighted by atomic mass is 35.5. The van der Waals surface area contributed by atoms with Crippen molar-refractivity contribution in [1.29, 1.82) is 0 Å². The average Bonchev–Trinajstić information content (AvgIpc) is 2.91. The molecule has 3 aromatic carbocycles. The number of benzene rings is 3. The Morgan fingerprint density at radius 1 is 0.976 bits per heavy atom. The Balaban J connectivity index is 2.14. The fourth-order valence-electron chi connectivity index (χ4n) is 4.44. The van der Waals surface area contributed by atoms with E-state index in [1.165, 1.54) is 29.2 Å². The van der Waals surface area contributed by atoms with Gasteiger partial charge in [0.2, 0.25) is 11.8 Å². The first-order valence-electron chi connectivity index (χ1n) is 13.2. The van der Waals surface area contributed by atoms with Crippen LogP contribution in [0.3, 0.4) is 0 Å². The third-order valence-electron chi connectivity index (χ3n) is 6.41. The summed E-state index contributed by atoms with van der Waals surface area (Å²) in [6, 6.07) is 15.8. The maximum absolute atomic E-state index is 14.0. The number of alkyl halides is 3. The number of carbonyl (C=O) groups is 2. The number of nitrogens with one attached hydrogen (secondary N) is 1. The number of nitrogens with zero attached hydrogens (tertiary/aromatic N) is 2. The Morgan fingerprint density at radius 3 is 2.21 bits per heavy atom. The van der Waals surface area contributed by atoms with Crippen molar-refractivity contribution in [3.8, 4) is 0 Å². The first-order valence-corrected chi connectivity index (χ1v) is 15.1. The molecular formula is C30H33ClF3N3O4S. The summed E-state index contributed by atoms with van der Waals surface area (Å²) in [6.45, 7) is 6.22. The zero-order valence-corrected chi connectivity index (χ0v) is 25.2. The second-order valence-corrected chi connectivity index (χ2v) is 12.4. The minimum atomic E-state index is -4.88. The van der Waals surface area contributed by atoms with Crippen LogP contribution in [0.15, 0.2) is 77.7 Å². The minimum Gasteiger partial charge on any atom is -0.352 e. The van der Waals surface area contributed by atoms with Gasteiger partial charge in [0.15, 0.2) is 0 Å². The fraction of sp³-hybridized carbons (Fsp3) is 0.333. The lowest BCUT2D eigenvalue weighted by atomic mass is 10.1. The molecule has 0 aliphatic rings. The third-order valence-corrected chi connectivity index (χ3v) is 8.52. The summed E-state index contributed by atoms with van der Waals surface area (Å²) >= 11 is 5.81. The number of hydrogen-bond acceptors (Lipinski definition) is 4. The van der Waals surface area contributed by atoms with Gasteiger partial charge in [0.1, 0.15) is 12.6 Å². The molecule has 0 radical (unpaired) electrons. The van der Waals surface area contributed by atoms with Gasteiger partial charge in [-0.05, 0) is 63.1 Å². The average molecular weight is 624 g/mol. The highest BCUT2D eigenvalue weighted by Gasteiger charge is 2.37. The lowest BCUT2D eigenvalue weighted by Crippen LogP contribution is -2.53. The quantitative estimate of drug-likeness (QED) is 0.276. The molecule has 0 heterocycles. The molecule has 0 aromatic heterocycles. The van der Waals surface area contributed by atoms with Crippen molar-refractivity contribution >= 4 is 39.1 Å². The molecule has 0 unspecified atom stereocenters. The maximum atomic E-state index is 14.0. The smallest absolute Gasteiger partial charge is 0.352 e. The number of amides is 2.